The van der Waals surface area contributed by atoms with Gasteiger partial charge >= 0.3 is 11.0 Å². The Bertz CT molecular complexity index is 875. The summed E-state index contributed by atoms with van der Waals surface area (Å²) in [6.45, 7) is 0. The molecule has 23 heavy (non-hydrogen) atoms. The molecule has 4 nitrogen and oxygen atoms in total. The Labute approximate surface area is 138 Å². The molecule has 1 aromatic heterocycles. The van der Waals surface area contributed by atoms with E-state index >= 15 is 0 Å². The van der Waals surface area contributed by atoms with E-state index in [1.54, 1.807) is 4.57 Å². The van der Waals surface area contributed by atoms with Crippen LogP contribution in [0.25, 0.3) is 16.8 Å². The van der Waals surface area contributed by atoms with Gasteiger partial charge in [0.1, 0.15) is 11.3 Å². The Kier molecular flexibility index (Phi) is 4.12. The molecule has 0 unspecified atom stereocenters. The van der Waals surface area contributed by atoms with E-state index in [0.717, 1.165) is 17.0 Å². The van der Waals surface area contributed by atoms with Crippen LogP contribution in [-0.4, -0.2) is 19.2 Å². The largest absolute Gasteiger partial charge is 0.477 e. The summed E-state index contributed by atoms with van der Waals surface area (Å²) in [5.74, 6) is -0.0464. The van der Waals surface area contributed by atoms with Gasteiger partial charge in [0, 0.05) is 0 Å². The molecule has 0 aliphatic heterocycles. The quantitative estimate of drug-likeness (QED) is 0.753. The lowest BCUT2D eigenvalue weighted by Gasteiger charge is -2.13. The first-order chi connectivity index (χ1) is 11.1. The molecule has 3 rings (SSSR count). The Morgan fingerprint density at radius 1 is 0.957 bits per heavy atom. The van der Waals surface area contributed by atoms with Crippen LogP contribution in [0.15, 0.2) is 65.5 Å². The molecule has 0 fully saturated rings. The highest BCUT2D eigenvalue weighted by Gasteiger charge is 2.26. The molecule has 5 heteroatoms. The Hall–Kier alpha value is -2.66. The monoisotopic (exact) mass is 325 g/mol. The lowest BCUT2D eigenvalue weighted by atomic mass is 10.1. The number of anilines is 1. The van der Waals surface area contributed by atoms with Gasteiger partial charge < -0.3 is 5.11 Å². The van der Waals surface area contributed by atoms with Crippen LogP contribution in [0.3, 0.4) is 0 Å². The van der Waals surface area contributed by atoms with Crippen LogP contribution in [0.2, 0.25) is 0 Å². The van der Waals surface area contributed by atoms with Crippen LogP contribution in [0, 0.1) is 0 Å². The SMILES string of the molecule is CN(C)c1sc(=O)c(-c2ccccc2)c(O)[n+]1-c1ccccc1. The molecule has 0 spiro atoms. The Morgan fingerprint density at radius 2 is 1.52 bits per heavy atom. The third kappa shape index (κ3) is 2.83. The van der Waals surface area contributed by atoms with Gasteiger partial charge in [-0.25, -0.2) is 0 Å². The Balaban J connectivity index is 2.36. The number of aromatic hydroxyl groups is 1. The number of nitrogens with zero attached hydrogens (tertiary/aromatic N) is 2. The van der Waals surface area contributed by atoms with E-state index in [9.17, 15) is 9.90 Å². The fraction of sp³-hybridized carbons (Fsp3) is 0.111. The van der Waals surface area contributed by atoms with Crippen molar-refractivity contribution < 1.29 is 9.67 Å². The van der Waals surface area contributed by atoms with Gasteiger partial charge in [-0.2, -0.15) is 4.57 Å². The van der Waals surface area contributed by atoms with E-state index < -0.39 is 0 Å². The molecule has 116 valence electrons. The van der Waals surface area contributed by atoms with E-state index in [0.29, 0.717) is 16.3 Å². The van der Waals surface area contributed by atoms with Crippen LogP contribution in [0.5, 0.6) is 5.88 Å². The average Bonchev–Trinajstić information content (AvgIpc) is 2.56. The summed E-state index contributed by atoms with van der Waals surface area (Å²) in [5, 5.41) is 11.5. The normalized spacial score (nSPS) is 10.5. The van der Waals surface area contributed by atoms with Crippen molar-refractivity contribution in [2.75, 3.05) is 19.0 Å². The van der Waals surface area contributed by atoms with Gasteiger partial charge in [-0.05, 0) is 29.0 Å². The van der Waals surface area contributed by atoms with Crippen molar-refractivity contribution >= 4 is 16.5 Å². The predicted molar refractivity (Wildman–Crippen MR) is 93.5 cm³/mol. The molecule has 0 bridgehead atoms. The summed E-state index contributed by atoms with van der Waals surface area (Å²) in [6, 6.07) is 18.8. The van der Waals surface area contributed by atoms with Crippen LogP contribution in [0.1, 0.15) is 0 Å². The van der Waals surface area contributed by atoms with Crippen molar-refractivity contribution in [1.82, 2.24) is 0 Å². The fourth-order valence-corrected chi connectivity index (χ4v) is 3.37. The number of rotatable bonds is 3. The minimum Gasteiger partial charge on any atom is -0.477 e. The van der Waals surface area contributed by atoms with Gasteiger partial charge in [0.25, 0.3) is 4.74 Å². The van der Waals surface area contributed by atoms with E-state index in [-0.39, 0.29) is 10.6 Å². The van der Waals surface area contributed by atoms with Gasteiger partial charge in [-0.3, -0.25) is 9.69 Å². The molecule has 1 N–H and O–H groups in total. The van der Waals surface area contributed by atoms with Crippen LogP contribution in [0.4, 0.5) is 5.13 Å². The van der Waals surface area contributed by atoms with Crippen LogP contribution < -0.4 is 14.2 Å². The molecule has 0 aliphatic rings. The second kappa shape index (κ2) is 6.22. The second-order valence-corrected chi connectivity index (χ2v) is 6.24. The summed E-state index contributed by atoms with van der Waals surface area (Å²) in [7, 11) is 3.71. The molecule has 0 amide bonds. The average molecular weight is 325 g/mol. The highest BCUT2D eigenvalue weighted by atomic mass is 32.1. The molecule has 0 aliphatic carbocycles. The number of benzene rings is 2. The van der Waals surface area contributed by atoms with Gasteiger partial charge in [0.2, 0.25) is 0 Å². The summed E-state index contributed by atoms with van der Waals surface area (Å²) in [5.41, 5.74) is 1.84. The summed E-state index contributed by atoms with van der Waals surface area (Å²) in [4.78, 5) is 14.4. The van der Waals surface area contributed by atoms with Crippen molar-refractivity contribution in [3.63, 3.8) is 0 Å². The standard InChI is InChI=1S/C18H16N2O2S/c1-19(2)18-20(14-11-7-4-8-12-14)16(21)15(17(22)23-18)13-9-5-3-6-10-13/h3-12H,1-2H3/p+1. The van der Waals surface area contributed by atoms with Gasteiger partial charge in [-0.1, -0.05) is 48.5 Å². The van der Waals surface area contributed by atoms with E-state index in [1.807, 2.05) is 79.7 Å². The topological polar surface area (TPSA) is 44.4 Å². The van der Waals surface area contributed by atoms with Gasteiger partial charge in [0.15, 0.2) is 0 Å². The van der Waals surface area contributed by atoms with Crippen molar-refractivity contribution in [3.8, 4) is 22.7 Å². The minimum atomic E-state index is -0.162. The van der Waals surface area contributed by atoms with Gasteiger partial charge in [-0.15, -0.1) is 0 Å². The van der Waals surface area contributed by atoms with Crippen molar-refractivity contribution in [1.29, 1.82) is 0 Å². The lowest BCUT2D eigenvalue weighted by molar-refractivity contribution is -0.587. The smallest absolute Gasteiger partial charge is 0.347 e. The molecule has 1 heterocycles. The summed E-state index contributed by atoms with van der Waals surface area (Å²) in [6.07, 6.45) is 0. The predicted octanol–water partition coefficient (Wildman–Crippen LogP) is 2.82. The van der Waals surface area contributed by atoms with Crippen LogP contribution >= 0.6 is 11.3 Å². The van der Waals surface area contributed by atoms with Gasteiger partial charge in [0.05, 0.1) is 14.1 Å². The third-order valence-electron chi connectivity index (χ3n) is 3.47. The second-order valence-electron chi connectivity index (χ2n) is 5.30. The van der Waals surface area contributed by atoms with Crippen molar-refractivity contribution in [3.05, 3.63) is 70.2 Å². The van der Waals surface area contributed by atoms with Crippen molar-refractivity contribution in [2.45, 2.75) is 0 Å². The van der Waals surface area contributed by atoms with E-state index in [4.69, 9.17) is 0 Å². The maximum Gasteiger partial charge on any atom is 0.347 e. The molecule has 0 radical (unpaired) electrons. The van der Waals surface area contributed by atoms with E-state index in [1.165, 1.54) is 0 Å². The molecular formula is C18H17N2O2S+. The lowest BCUT2D eigenvalue weighted by Crippen LogP contribution is -2.39. The zero-order chi connectivity index (χ0) is 16.4. The maximum absolute atomic E-state index is 12.6. The highest BCUT2D eigenvalue weighted by molar-refractivity contribution is 7.13. The molecule has 2 aromatic carbocycles. The number of hydrogen-bond donors (Lipinski definition) is 1. The summed E-state index contributed by atoms with van der Waals surface area (Å²) >= 11 is 1.12. The Morgan fingerprint density at radius 3 is 2.09 bits per heavy atom. The number of para-hydroxylation sites is 1. The molecule has 0 saturated heterocycles. The maximum atomic E-state index is 12.6. The highest BCUT2D eigenvalue weighted by Crippen LogP contribution is 2.27. The van der Waals surface area contributed by atoms with Crippen LogP contribution in [-0.2, 0) is 0 Å². The van der Waals surface area contributed by atoms with Crippen molar-refractivity contribution in [2.24, 2.45) is 0 Å². The first-order valence-electron chi connectivity index (χ1n) is 7.20. The zero-order valence-electron chi connectivity index (χ0n) is 12.9. The molecular weight excluding hydrogens is 308 g/mol. The molecule has 3 aromatic rings. The number of hydrogen-bond acceptors (Lipinski definition) is 4. The fourth-order valence-electron chi connectivity index (χ4n) is 2.43. The molecule has 0 saturated carbocycles. The third-order valence-corrected chi connectivity index (χ3v) is 4.59. The van der Waals surface area contributed by atoms with E-state index in [2.05, 4.69) is 0 Å². The first-order valence-corrected chi connectivity index (χ1v) is 8.01. The number of aromatic nitrogens is 1. The molecule has 0 atom stereocenters. The minimum absolute atomic E-state index is 0.0464. The first kappa shape index (κ1) is 15.2. The summed E-state index contributed by atoms with van der Waals surface area (Å²) < 4.78 is 1.54. The zero-order valence-corrected chi connectivity index (χ0v) is 13.7.